The number of hydrogen-bond donors (Lipinski definition) is 2. The normalized spacial score (nSPS) is 19.9. The van der Waals surface area contributed by atoms with E-state index in [1.54, 1.807) is 7.11 Å². The monoisotopic (exact) mass is 478 g/mol. The molecule has 2 aromatic carbocycles. The first-order chi connectivity index (χ1) is 16.9. The van der Waals surface area contributed by atoms with Gasteiger partial charge in [-0.15, -0.1) is 0 Å². The van der Waals surface area contributed by atoms with Crippen molar-refractivity contribution in [1.82, 2.24) is 10.6 Å². The summed E-state index contributed by atoms with van der Waals surface area (Å²) in [5.74, 6) is 0.0923. The van der Waals surface area contributed by atoms with Crippen LogP contribution >= 0.6 is 0 Å². The van der Waals surface area contributed by atoms with Crippen LogP contribution in [-0.2, 0) is 32.0 Å². The molecule has 1 saturated carbocycles. The largest absolute Gasteiger partial charge is 0.497 e. The van der Waals surface area contributed by atoms with Gasteiger partial charge in [0.25, 0.3) is 0 Å². The van der Waals surface area contributed by atoms with Crippen molar-refractivity contribution in [3.63, 3.8) is 0 Å². The average Bonchev–Trinajstić information content (AvgIpc) is 3.39. The molecule has 0 spiro atoms. The minimum atomic E-state index is -0.835. The fourth-order valence-electron chi connectivity index (χ4n) is 4.44. The van der Waals surface area contributed by atoms with Gasteiger partial charge in [0.15, 0.2) is 5.78 Å². The number of carbonyl (C=O) groups excluding carboxylic acids is 3. The summed E-state index contributed by atoms with van der Waals surface area (Å²) in [7, 11) is 1.59. The van der Waals surface area contributed by atoms with Crippen LogP contribution in [0, 0.1) is 5.41 Å². The Bertz CT molecular complexity index is 1030. The first-order valence-corrected chi connectivity index (χ1v) is 12.3. The van der Waals surface area contributed by atoms with Gasteiger partial charge in [0, 0.05) is 18.4 Å². The number of hydrogen-bond acceptors (Lipinski definition) is 5. The van der Waals surface area contributed by atoms with E-state index >= 15 is 0 Å². The molecule has 2 fully saturated rings. The summed E-state index contributed by atoms with van der Waals surface area (Å²) < 4.78 is 10.7. The molecule has 1 unspecified atom stereocenters. The number of nitrogens with one attached hydrogen (secondary N) is 2. The number of rotatable bonds is 11. The van der Waals surface area contributed by atoms with Crippen LogP contribution in [-0.4, -0.2) is 49.5 Å². The highest BCUT2D eigenvalue weighted by Crippen LogP contribution is 2.46. The second-order valence-corrected chi connectivity index (χ2v) is 9.79. The van der Waals surface area contributed by atoms with E-state index in [0.717, 1.165) is 30.4 Å². The van der Waals surface area contributed by atoms with E-state index in [-0.39, 0.29) is 29.4 Å². The second kappa shape index (κ2) is 11.0. The predicted molar refractivity (Wildman–Crippen MR) is 132 cm³/mol. The standard InChI is InChI=1S/C28H34N2O5/c1-28(14-15-28)25(31)22(17-19-7-4-3-5-8-19)29-26(32)23(30-27(33)24-9-6-16-35-24)18-20-10-12-21(34-2)13-11-20/h3-5,7-8,10-13,22-24H,6,9,14-18H2,1-2H3,(H,29,32)(H,30,33)/t22-,23?,24+/m1/s1. The van der Waals surface area contributed by atoms with Gasteiger partial charge in [-0.3, -0.25) is 14.4 Å². The summed E-state index contributed by atoms with van der Waals surface area (Å²) in [6.07, 6.45) is 3.27. The third-order valence-electron chi connectivity index (χ3n) is 6.96. The van der Waals surface area contributed by atoms with Gasteiger partial charge in [-0.25, -0.2) is 0 Å². The zero-order chi connectivity index (χ0) is 24.8. The minimum Gasteiger partial charge on any atom is -0.497 e. The van der Waals surface area contributed by atoms with Crippen molar-refractivity contribution in [2.24, 2.45) is 5.41 Å². The molecule has 2 amide bonds. The SMILES string of the molecule is COc1ccc(CC(NC(=O)[C@@H]2CCCO2)C(=O)N[C@H](Cc2ccccc2)C(=O)C2(C)CC2)cc1. The van der Waals surface area contributed by atoms with E-state index in [0.29, 0.717) is 25.2 Å². The lowest BCUT2D eigenvalue weighted by Crippen LogP contribution is -2.55. The molecular weight excluding hydrogens is 444 g/mol. The van der Waals surface area contributed by atoms with E-state index in [9.17, 15) is 14.4 Å². The number of ether oxygens (including phenoxy) is 2. The molecule has 1 aliphatic heterocycles. The second-order valence-electron chi connectivity index (χ2n) is 9.79. The van der Waals surface area contributed by atoms with Crippen molar-refractivity contribution in [3.05, 3.63) is 65.7 Å². The van der Waals surface area contributed by atoms with Crippen LogP contribution in [0.2, 0.25) is 0 Å². The van der Waals surface area contributed by atoms with Crippen LogP contribution in [0.25, 0.3) is 0 Å². The van der Waals surface area contributed by atoms with Crippen molar-refractivity contribution >= 4 is 17.6 Å². The molecule has 7 heteroatoms. The van der Waals surface area contributed by atoms with Gasteiger partial charge in [0.05, 0.1) is 13.2 Å². The molecule has 2 aromatic rings. The van der Waals surface area contributed by atoms with Crippen LogP contribution in [0.1, 0.15) is 43.7 Å². The fraction of sp³-hybridized carbons (Fsp3) is 0.464. The number of Topliss-reactive ketones (excluding diaryl/α,β-unsaturated/α-hetero) is 1. The zero-order valence-electron chi connectivity index (χ0n) is 20.4. The van der Waals surface area contributed by atoms with Crippen LogP contribution in [0.5, 0.6) is 5.75 Å². The number of amides is 2. The fourth-order valence-corrected chi connectivity index (χ4v) is 4.44. The number of ketones is 1. The molecule has 2 N–H and O–H groups in total. The van der Waals surface area contributed by atoms with E-state index in [4.69, 9.17) is 9.47 Å². The van der Waals surface area contributed by atoms with E-state index in [2.05, 4.69) is 10.6 Å². The molecule has 7 nitrogen and oxygen atoms in total. The van der Waals surface area contributed by atoms with Gasteiger partial charge in [-0.05, 0) is 55.4 Å². The first kappa shape index (κ1) is 24.9. The Kier molecular flexibility index (Phi) is 7.86. The summed E-state index contributed by atoms with van der Waals surface area (Å²) in [5, 5.41) is 5.86. The van der Waals surface area contributed by atoms with E-state index < -0.39 is 18.2 Å². The molecule has 35 heavy (non-hydrogen) atoms. The van der Waals surface area contributed by atoms with Crippen LogP contribution in [0.3, 0.4) is 0 Å². The summed E-state index contributed by atoms with van der Waals surface area (Å²) in [6, 6.07) is 15.6. The maximum absolute atomic E-state index is 13.5. The topological polar surface area (TPSA) is 93.7 Å². The lowest BCUT2D eigenvalue weighted by atomic mass is 9.92. The maximum atomic E-state index is 13.5. The van der Waals surface area contributed by atoms with Crippen molar-refractivity contribution in [1.29, 1.82) is 0 Å². The Morgan fingerprint density at radius 3 is 2.23 bits per heavy atom. The number of carbonyl (C=O) groups is 3. The minimum absolute atomic E-state index is 0.0448. The first-order valence-electron chi connectivity index (χ1n) is 12.3. The van der Waals surface area contributed by atoms with Crippen LogP contribution in [0.4, 0.5) is 0 Å². The van der Waals surface area contributed by atoms with Gasteiger partial charge in [-0.2, -0.15) is 0 Å². The Labute approximate surface area is 206 Å². The highest BCUT2D eigenvalue weighted by molar-refractivity contribution is 5.97. The molecule has 186 valence electrons. The molecule has 3 atom stereocenters. The highest BCUT2D eigenvalue weighted by Gasteiger charge is 2.48. The van der Waals surface area contributed by atoms with E-state index in [1.165, 1.54) is 0 Å². The van der Waals surface area contributed by atoms with Gasteiger partial charge < -0.3 is 20.1 Å². The quantitative estimate of drug-likeness (QED) is 0.518. The Morgan fingerprint density at radius 1 is 0.971 bits per heavy atom. The molecule has 4 rings (SSSR count). The lowest BCUT2D eigenvalue weighted by molar-refractivity contribution is -0.135. The summed E-state index contributed by atoms with van der Waals surface area (Å²) in [6.45, 7) is 2.49. The Balaban J connectivity index is 1.52. The molecule has 0 radical (unpaired) electrons. The molecule has 0 bridgehead atoms. The average molecular weight is 479 g/mol. The third kappa shape index (κ3) is 6.48. The molecule has 1 aliphatic carbocycles. The number of benzene rings is 2. The van der Waals surface area contributed by atoms with Gasteiger partial charge in [0.2, 0.25) is 11.8 Å². The van der Waals surface area contributed by atoms with E-state index in [1.807, 2.05) is 61.5 Å². The smallest absolute Gasteiger partial charge is 0.249 e. The molecule has 2 aliphatic rings. The molecule has 1 saturated heterocycles. The summed E-state index contributed by atoms with van der Waals surface area (Å²) in [4.78, 5) is 39.7. The third-order valence-corrected chi connectivity index (χ3v) is 6.96. The Hall–Kier alpha value is -3.19. The van der Waals surface area contributed by atoms with Crippen molar-refractivity contribution in [2.75, 3.05) is 13.7 Å². The summed E-state index contributed by atoms with van der Waals surface area (Å²) in [5.41, 5.74) is 1.46. The van der Waals surface area contributed by atoms with Gasteiger partial charge in [0.1, 0.15) is 17.9 Å². The summed E-state index contributed by atoms with van der Waals surface area (Å²) >= 11 is 0. The Morgan fingerprint density at radius 2 is 1.63 bits per heavy atom. The zero-order valence-corrected chi connectivity index (χ0v) is 20.4. The molecular formula is C28H34N2O5. The maximum Gasteiger partial charge on any atom is 0.249 e. The van der Waals surface area contributed by atoms with Crippen LogP contribution in [0.15, 0.2) is 54.6 Å². The highest BCUT2D eigenvalue weighted by atomic mass is 16.5. The van der Waals surface area contributed by atoms with Crippen LogP contribution < -0.4 is 15.4 Å². The van der Waals surface area contributed by atoms with Crippen molar-refractivity contribution in [3.8, 4) is 5.75 Å². The molecule has 0 aromatic heterocycles. The van der Waals surface area contributed by atoms with Crippen molar-refractivity contribution < 1.29 is 23.9 Å². The van der Waals surface area contributed by atoms with Gasteiger partial charge in [-0.1, -0.05) is 49.4 Å². The number of methoxy groups -OCH3 is 1. The predicted octanol–water partition coefficient (Wildman–Crippen LogP) is 3.00. The van der Waals surface area contributed by atoms with Gasteiger partial charge >= 0.3 is 0 Å². The van der Waals surface area contributed by atoms with Crippen molar-refractivity contribution in [2.45, 2.75) is 63.6 Å². The lowest BCUT2D eigenvalue weighted by Gasteiger charge is -2.25. The molecule has 1 heterocycles.